The van der Waals surface area contributed by atoms with Crippen molar-refractivity contribution in [2.75, 3.05) is 19.6 Å². The number of fused-ring (bicyclic) bond motifs is 1. The van der Waals surface area contributed by atoms with Gasteiger partial charge in [-0.05, 0) is 47.0 Å². The molecule has 1 aliphatic heterocycles. The van der Waals surface area contributed by atoms with E-state index in [4.69, 9.17) is 11.6 Å². The average Bonchev–Trinajstić information content (AvgIpc) is 3.27. The van der Waals surface area contributed by atoms with E-state index in [2.05, 4.69) is 23.6 Å². The molecule has 0 spiro atoms. The zero-order valence-electron chi connectivity index (χ0n) is 18.3. The maximum absolute atomic E-state index is 13.6. The van der Waals surface area contributed by atoms with E-state index in [1.54, 1.807) is 40.5 Å². The van der Waals surface area contributed by atoms with Gasteiger partial charge in [-0.25, -0.2) is 0 Å². The molecule has 2 heterocycles. The molecule has 1 aromatic heterocycles. The summed E-state index contributed by atoms with van der Waals surface area (Å²) in [5, 5.41) is 2.50. The van der Waals surface area contributed by atoms with Crippen LogP contribution in [0.1, 0.15) is 46.3 Å². The Bertz CT molecular complexity index is 1100. The van der Waals surface area contributed by atoms with E-state index >= 15 is 0 Å². The second-order valence-electron chi connectivity index (χ2n) is 8.51. The van der Waals surface area contributed by atoms with Crippen LogP contribution < -0.4 is 0 Å². The monoisotopic (exact) mass is 466 g/mol. The quantitative estimate of drug-likeness (QED) is 0.469. The van der Waals surface area contributed by atoms with Crippen molar-refractivity contribution in [1.29, 1.82) is 0 Å². The topological polar surface area (TPSA) is 40.6 Å². The summed E-state index contributed by atoms with van der Waals surface area (Å²) >= 11 is 8.04. The minimum Gasteiger partial charge on any atom is -0.330 e. The first-order chi connectivity index (χ1) is 15.5. The number of hydrogen-bond acceptors (Lipinski definition) is 3. The molecule has 1 atom stereocenters. The van der Waals surface area contributed by atoms with Crippen LogP contribution in [0, 0.1) is 5.92 Å². The van der Waals surface area contributed by atoms with Crippen molar-refractivity contribution < 1.29 is 9.59 Å². The lowest BCUT2D eigenvalue weighted by molar-refractivity contribution is -0.134. The second-order valence-corrected chi connectivity index (χ2v) is 9.92. The van der Waals surface area contributed by atoms with Gasteiger partial charge < -0.3 is 9.80 Å². The molecule has 3 aromatic rings. The van der Waals surface area contributed by atoms with Crippen molar-refractivity contribution in [1.82, 2.24) is 9.80 Å². The van der Waals surface area contributed by atoms with Crippen LogP contribution in [0.25, 0.3) is 0 Å². The highest BCUT2D eigenvalue weighted by molar-refractivity contribution is 7.10. The van der Waals surface area contributed by atoms with Crippen LogP contribution in [0.4, 0.5) is 0 Å². The molecular weight excluding hydrogens is 440 g/mol. The minimum absolute atomic E-state index is 0.0328. The number of benzene rings is 2. The minimum atomic E-state index is -0.206. The van der Waals surface area contributed by atoms with Crippen molar-refractivity contribution in [3.05, 3.63) is 92.6 Å². The van der Waals surface area contributed by atoms with Gasteiger partial charge in [0, 0.05) is 18.0 Å². The van der Waals surface area contributed by atoms with Crippen molar-refractivity contribution in [2.24, 2.45) is 5.92 Å². The Hall–Kier alpha value is -2.63. The van der Waals surface area contributed by atoms with Gasteiger partial charge in [-0.15, -0.1) is 11.3 Å². The number of thiophene rings is 1. The maximum Gasteiger partial charge on any atom is 0.255 e. The van der Waals surface area contributed by atoms with Crippen LogP contribution in [-0.4, -0.2) is 41.2 Å². The number of rotatable bonds is 6. The summed E-state index contributed by atoms with van der Waals surface area (Å²) in [5.41, 5.74) is 2.71. The smallest absolute Gasteiger partial charge is 0.255 e. The third-order valence-electron chi connectivity index (χ3n) is 5.70. The molecule has 1 aliphatic rings. The first-order valence-corrected chi connectivity index (χ1v) is 12.2. The van der Waals surface area contributed by atoms with Gasteiger partial charge in [-0.1, -0.05) is 67.9 Å². The van der Waals surface area contributed by atoms with Gasteiger partial charge in [0.2, 0.25) is 5.91 Å². The molecule has 0 N–H and O–H groups in total. The predicted octanol–water partition coefficient (Wildman–Crippen LogP) is 5.67. The first kappa shape index (κ1) is 22.6. The molecule has 2 aromatic carbocycles. The van der Waals surface area contributed by atoms with E-state index in [1.165, 1.54) is 10.4 Å². The second kappa shape index (κ2) is 9.88. The lowest BCUT2D eigenvalue weighted by atomic mass is 9.93. The highest BCUT2D eigenvalue weighted by Gasteiger charge is 2.34. The predicted molar refractivity (Wildman–Crippen MR) is 130 cm³/mol. The highest BCUT2D eigenvalue weighted by Crippen LogP contribution is 2.37. The lowest BCUT2D eigenvalue weighted by Gasteiger charge is -2.38. The number of carbonyl (C=O) groups excluding carboxylic acids is 2. The largest absolute Gasteiger partial charge is 0.330 e. The summed E-state index contributed by atoms with van der Waals surface area (Å²) < 4.78 is 0. The fourth-order valence-corrected chi connectivity index (χ4v) is 5.42. The third-order valence-corrected chi connectivity index (χ3v) is 7.03. The van der Waals surface area contributed by atoms with Gasteiger partial charge in [0.25, 0.3) is 5.91 Å². The van der Waals surface area contributed by atoms with E-state index in [9.17, 15) is 9.59 Å². The fraction of sp³-hybridized carbons (Fsp3) is 0.308. The Balaban J connectivity index is 1.62. The Morgan fingerprint density at radius 2 is 1.81 bits per heavy atom. The maximum atomic E-state index is 13.6. The number of nitrogens with zero attached hydrogens (tertiary/aromatic N) is 2. The van der Waals surface area contributed by atoms with Gasteiger partial charge in [-0.3, -0.25) is 9.59 Å². The summed E-state index contributed by atoms with van der Waals surface area (Å²) in [7, 11) is 0. The van der Waals surface area contributed by atoms with E-state index in [0.29, 0.717) is 23.7 Å². The Kier molecular flexibility index (Phi) is 6.97. The van der Waals surface area contributed by atoms with Crippen LogP contribution in [0.5, 0.6) is 0 Å². The van der Waals surface area contributed by atoms with Crippen molar-refractivity contribution in [3.8, 4) is 0 Å². The molecule has 32 heavy (non-hydrogen) atoms. The summed E-state index contributed by atoms with van der Waals surface area (Å²) in [4.78, 5) is 31.8. The van der Waals surface area contributed by atoms with E-state index < -0.39 is 0 Å². The number of halogens is 1. The van der Waals surface area contributed by atoms with Gasteiger partial charge in [0.15, 0.2) is 0 Å². The molecule has 0 aliphatic carbocycles. The molecule has 2 amide bonds. The average molecular weight is 467 g/mol. The van der Waals surface area contributed by atoms with Crippen LogP contribution >= 0.6 is 22.9 Å². The van der Waals surface area contributed by atoms with Crippen LogP contribution in [0.3, 0.4) is 0 Å². The number of hydrogen-bond donors (Lipinski definition) is 0. The van der Waals surface area contributed by atoms with Crippen LogP contribution in [-0.2, 0) is 11.2 Å². The molecule has 0 fully saturated rings. The molecule has 0 radical (unpaired) electrons. The van der Waals surface area contributed by atoms with Gasteiger partial charge in [0.05, 0.1) is 16.6 Å². The van der Waals surface area contributed by atoms with E-state index in [1.807, 2.05) is 36.9 Å². The van der Waals surface area contributed by atoms with E-state index in [-0.39, 0.29) is 30.3 Å². The number of carbonyl (C=O) groups is 2. The molecule has 1 unspecified atom stereocenters. The van der Waals surface area contributed by atoms with Crippen molar-refractivity contribution in [2.45, 2.75) is 26.3 Å². The summed E-state index contributed by atoms with van der Waals surface area (Å²) in [6.07, 6.45) is 0.838. The van der Waals surface area contributed by atoms with Gasteiger partial charge in [0.1, 0.15) is 6.54 Å². The zero-order chi connectivity index (χ0) is 22.7. The van der Waals surface area contributed by atoms with E-state index in [0.717, 1.165) is 12.0 Å². The lowest BCUT2D eigenvalue weighted by Crippen LogP contribution is -2.47. The van der Waals surface area contributed by atoms with Crippen molar-refractivity contribution >= 4 is 34.8 Å². The van der Waals surface area contributed by atoms with Crippen LogP contribution in [0.15, 0.2) is 66.0 Å². The third kappa shape index (κ3) is 4.74. The Labute approximate surface area is 198 Å². The molecule has 0 saturated carbocycles. The van der Waals surface area contributed by atoms with Crippen LogP contribution in [0.2, 0.25) is 5.02 Å². The molecule has 4 nitrogen and oxygen atoms in total. The normalized spacial score (nSPS) is 15.5. The molecule has 6 heteroatoms. The molecule has 166 valence electrons. The number of amides is 2. The fourth-order valence-electron chi connectivity index (χ4n) is 4.30. The summed E-state index contributed by atoms with van der Waals surface area (Å²) in [6.45, 7) is 5.25. The van der Waals surface area contributed by atoms with Crippen molar-refractivity contribution in [3.63, 3.8) is 0 Å². The highest BCUT2D eigenvalue weighted by atomic mass is 35.5. The molecule has 0 bridgehead atoms. The standard InChI is InChI=1S/C26H27ClN2O2S/c1-18(2)16-28(26(31)20-10-6-7-11-22(20)27)17-24(30)29-14-12-23-21(13-15-32-23)25(29)19-8-4-3-5-9-19/h3-11,13,15,18,25H,12,14,16-17H2,1-2H3. The summed E-state index contributed by atoms with van der Waals surface area (Å²) in [5.74, 6) is -0.0251. The SMILES string of the molecule is CC(C)CN(CC(=O)N1CCc2sccc2C1c1ccccc1)C(=O)c1ccccc1Cl. The Morgan fingerprint density at radius 3 is 2.53 bits per heavy atom. The zero-order valence-corrected chi connectivity index (χ0v) is 19.9. The van der Waals surface area contributed by atoms with Gasteiger partial charge >= 0.3 is 0 Å². The first-order valence-electron chi connectivity index (χ1n) is 10.9. The molecular formula is C26H27ClN2O2S. The Morgan fingerprint density at radius 1 is 1.09 bits per heavy atom. The van der Waals surface area contributed by atoms with Gasteiger partial charge in [-0.2, -0.15) is 0 Å². The summed E-state index contributed by atoms with van der Waals surface area (Å²) in [6, 6.07) is 19.1. The molecule has 4 rings (SSSR count). The molecule has 0 saturated heterocycles.